The summed E-state index contributed by atoms with van der Waals surface area (Å²) in [5.41, 5.74) is 3.80. The van der Waals surface area contributed by atoms with Gasteiger partial charge in [-0.2, -0.15) is 0 Å². The number of benzene rings is 1. The SMILES string of the molecule is Cc1ccc2c3c(n(CC(=O)O)c2c1)CCN(C(=O)O)C3. The van der Waals surface area contributed by atoms with Crippen LogP contribution in [0, 0.1) is 6.92 Å². The fraction of sp³-hybridized carbons (Fsp3) is 0.333. The summed E-state index contributed by atoms with van der Waals surface area (Å²) < 4.78 is 1.80. The van der Waals surface area contributed by atoms with E-state index < -0.39 is 12.1 Å². The highest BCUT2D eigenvalue weighted by atomic mass is 16.4. The summed E-state index contributed by atoms with van der Waals surface area (Å²) in [6.07, 6.45) is -0.394. The summed E-state index contributed by atoms with van der Waals surface area (Å²) in [7, 11) is 0. The predicted molar refractivity (Wildman–Crippen MR) is 76.4 cm³/mol. The molecule has 0 radical (unpaired) electrons. The quantitative estimate of drug-likeness (QED) is 0.886. The van der Waals surface area contributed by atoms with Gasteiger partial charge in [0.15, 0.2) is 0 Å². The van der Waals surface area contributed by atoms with Gasteiger partial charge in [-0.1, -0.05) is 12.1 Å². The number of fused-ring (bicyclic) bond motifs is 3. The molecule has 0 fully saturated rings. The molecular formula is C15H16N2O4. The van der Waals surface area contributed by atoms with Crippen LogP contribution in [0.15, 0.2) is 18.2 Å². The highest BCUT2D eigenvalue weighted by Gasteiger charge is 2.26. The molecule has 1 aromatic carbocycles. The van der Waals surface area contributed by atoms with Crippen molar-refractivity contribution < 1.29 is 19.8 Å². The number of hydrogen-bond acceptors (Lipinski definition) is 2. The van der Waals surface area contributed by atoms with Gasteiger partial charge in [-0.3, -0.25) is 4.79 Å². The molecule has 2 aromatic rings. The first kappa shape index (κ1) is 13.5. The lowest BCUT2D eigenvalue weighted by molar-refractivity contribution is -0.137. The number of nitrogens with zero attached hydrogens (tertiary/aromatic N) is 2. The van der Waals surface area contributed by atoms with Gasteiger partial charge in [-0.05, 0) is 18.6 Å². The largest absolute Gasteiger partial charge is 0.480 e. The van der Waals surface area contributed by atoms with Crippen LogP contribution in [0.5, 0.6) is 0 Å². The molecule has 1 aliphatic rings. The second kappa shape index (κ2) is 4.80. The standard InChI is InChI=1S/C15H16N2O4/c1-9-2-3-10-11-7-16(15(20)21)5-4-12(11)17(8-14(18)19)13(10)6-9/h2-3,6H,4-5,7-8H2,1H3,(H,18,19)(H,20,21). The van der Waals surface area contributed by atoms with E-state index in [2.05, 4.69) is 0 Å². The van der Waals surface area contributed by atoms with Gasteiger partial charge in [0.1, 0.15) is 6.54 Å². The van der Waals surface area contributed by atoms with Crippen LogP contribution >= 0.6 is 0 Å². The molecule has 1 aliphatic heterocycles. The first-order valence-electron chi connectivity index (χ1n) is 6.77. The summed E-state index contributed by atoms with van der Waals surface area (Å²) in [6, 6.07) is 5.88. The third-order valence-corrected chi connectivity index (χ3v) is 3.97. The molecule has 6 heteroatoms. The van der Waals surface area contributed by atoms with Crippen molar-refractivity contribution in [3.63, 3.8) is 0 Å². The number of amides is 1. The van der Waals surface area contributed by atoms with Crippen LogP contribution in [0.25, 0.3) is 10.9 Å². The average molecular weight is 288 g/mol. The van der Waals surface area contributed by atoms with Gasteiger partial charge in [0.25, 0.3) is 0 Å². The summed E-state index contributed by atoms with van der Waals surface area (Å²) >= 11 is 0. The fourth-order valence-electron chi connectivity index (χ4n) is 3.04. The fourth-order valence-corrected chi connectivity index (χ4v) is 3.04. The highest BCUT2D eigenvalue weighted by molar-refractivity contribution is 5.88. The minimum atomic E-state index is -0.938. The maximum absolute atomic E-state index is 11.2. The molecule has 2 heterocycles. The lowest BCUT2D eigenvalue weighted by atomic mass is 10.0. The van der Waals surface area contributed by atoms with E-state index in [9.17, 15) is 9.59 Å². The van der Waals surface area contributed by atoms with Gasteiger partial charge in [-0.15, -0.1) is 0 Å². The van der Waals surface area contributed by atoms with Crippen molar-refractivity contribution in [2.45, 2.75) is 26.4 Å². The number of carbonyl (C=O) groups is 2. The Morgan fingerprint density at radius 1 is 1.29 bits per heavy atom. The molecule has 3 rings (SSSR count). The molecule has 0 saturated carbocycles. The second-order valence-electron chi connectivity index (χ2n) is 5.38. The van der Waals surface area contributed by atoms with E-state index in [0.717, 1.165) is 27.7 Å². The maximum Gasteiger partial charge on any atom is 0.407 e. The van der Waals surface area contributed by atoms with Crippen molar-refractivity contribution in [2.24, 2.45) is 0 Å². The van der Waals surface area contributed by atoms with E-state index >= 15 is 0 Å². The number of rotatable bonds is 2. The van der Waals surface area contributed by atoms with Gasteiger partial charge in [0.2, 0.25) is 0 Å². The Hall–Kier alpha value is -2.50. The molecule has 2 N–H and O–H groups in total. The molecule has 21 heavy (non-hydrogen) atoms. The van der Waals surface area contributed by atoms with Gasteiger partial charge >= 0.3 is 12.1 Å². The van der Waals surface area contributed by atoms with Crippen molar-refractivity contribution in [2.75, 3.05) is 6.54 Å². The van der Waals surface area contributed by atoms with Gasteiger partial charge in [-0.25, -0.2) is 4.79 Å². The summed E-state index contributed by atoms with van der Waals surface area (Å²) in [6.45, 7) is 2.58. The molecule has 0 bridgehead atoms. The second-order valence-corrected chi connectivity index (χ2v) is 5.38. The van der Waals surface area contributed by atoms with Gasteiger partial charge in [0, 0.05) is 35.1 Å². The van der Waals surface area contributed by atoms with E-state index in [1.165, 1.54) is 4.90 Å². The monoisotopic (exact) mass is 288 g/mol. The van der Waals surface area contributed by atoms with Crippen molar-refractivity contribution in [1.29, 1.82) is 0 Å². The van der Waals surface area contributed by atoms with Crippen molar-refractivity contribution in [1.82, 2.24) is 9.47 Å². The van der Waals surface area contributed by atoms with Crippen molar-refractivity contribution in [3.05, 3.63) is 35.0 Å². The predicted octanol–water partition coefficient (Wildman–Crippen LogP) is 2.07. The molecule has 110 valence electrons. The smallest absolute Gasteiger partial charge is 0.407 e. The number of carboxylic acids is 1. The Bertz CT molecular complexity index is 748. The molecule has 0 atom stereocenters. The number of aromatic nitrogens is 1. The third-order valence-electron chi connectivity index (χ3n) is 3.97. The Morgan fingerprint density at radius 3 is 2.71 bits per heavy atom. The van der Waals surface area contributed by atoms with Crippen LogP contribution in [0.3, 0.4) is 0 Å². The number of carboxylic acid groups (broad SMARTS) is 2. The molecule has 0 spiro atoms. The van der Waals surface area contributed by atoms with Crippen LogP contribution in [-0.2, 0) is 24.3 Å². The normalized spacial score (nSPS) is 14.2. The molecule has 6 nitrogen and oxygen atoms in total. The van der Waals surface area contributed by atoms with E-state index in [1.807, 2.05) is 25.1 Å². The summed E-state index contributed by atoms with van der Waals surface area (Å²) in [5.74, 6) is -0.892. The molecule has 0 aliphatic carbocycles. The van der Waals surface area contributed by atoms with Crippen LogP contribution in [-0.4, -0.2) is 38.3 Å². The van der Waals surface area contributed by atoms with E-state index in [0.29, 0.717) is 19.5 Å². The van der Waals surface area contributed by atoms with E-state index in [1.54, 1.807) is 4.57 Å². The maximum atomic E-state index is 11.2. The van der Waals surface area contributed by atoms with Crippen LogP contribution in [0.2, 0.25) is 0 Å². The third kappa shape index (κ3) is 2.22. The van der Waals surface area contributed by atoms with E-state index in [-0.39, 0.29) is 6.54 Å². The molecule has 1 aromatic heterocycles. The van der Waals surface area contributed by atoms with Crippen LogP contribution in [0.4, 0.5) is 4.79 Å². The lowest BCUT2D eigenvalue weighted by Gasteiger charge is -2.25. The Balaban J connectivity index is 2.20. The first-order valence-corrected chi connectivity index (χ1v) is 6.77. The zero-order valence-corrected chi connectivity index (χ0v) is 11.7. The highest BCUT2D eigenvalue weighted by Crippen LogP contribution is 2.31. The minimum absolute atomic E-state index is 0.0949. The van der Waals surface area contributed by atoms with E-state index in [4.69, 9.17) is 10.2 Å². The number of hydrogen-bond donors (Lipinski definition) is 2. The summed E-state index contributed by atoms with van der Waals surface area (Å²) in [5, 5.41) is 19.2. The van der Waals surface area contributed by atoms with Gasteiger partial charge in [0.05, 0.1) is 6.54 Å². The molecular weight excluding hydrogens is 272 g/mol. The lowest BCUT2D eigenvalue weighted by Crippen LogP contribution is -2.35. The van der Waals surface area contributed by atoms with Gasteiger partial charge < -0.3 is 19.7 Å². The molecule has 0 unspecified atom stereocenters. The van der Waals surface area contributed by atoms with Crippen molar-refractivity contribution in [3.8, 4) is 0 Å². The molecule has 1 amide bonds. The topological polar surface area (TPSA) is 82.8 Å². The van der Waals surface area contributed by atoms with Crippen molar-refractivity contribution >= 4 is 23.0 Å². The number of aryl methyl sites for hydroxylation is 1. The summed E-state index contributed by atoms with van der Waals surface area (Å²) in [4.78, 5) is 23.7. The van der Waals surface area contributed by atoms with Crippen LogP contribution < -0.4 is 0 Å². The Kier molecular flexibility index (Phi) is 3.08. The zero-order chi connectivity index (χ0) is 15.1. The minimum Gasteiger partial charge on any atom is -0.480 e. The molecule has 0 saturated heterocycles. The van der Waals surface area contributed by atoms with Crippen LogP contribution in [0.1, 0.15) is 16.8 Å². The number of aliphatic carboxylic acids is 1. The first-order chi connectivity index (χ1) is 9.97. The Labute approximate surface area is 121 Å². The Morgan fingerprint density at radius 2 is 2.05 bits per heavy atom. The average Bonchev–Trinajstić information content (AvgIpc) is 2.71. The zero-order valence-electron chi connectivity index (χ0n) is 11.7.